The van der Waals surface area contributed by atoms with E-state index in [2.05, 4.69) is 25.6 Å². The Morgan fingerprint density at radius 2 is 1.32 bits per heavy atom. The van der Waals surface area contributed by atoms with Crippen LogP contribution in [0.15, 0.2) is 48.5 Å². The average molecular weight is 335 g/mol. The summed E-state index contributed by atoms with van der Waals surface area (Å²) in [6, 6.07) is 15.2. The van der Waals surface area contributed by atoms with E-state index in [1.807, 2.05) is 62.4 Å². The monoisotopic (exact) mass is 335 g/mol. The predicted octanol–water partition coefficient (Wildman–Crippen LogP) is 3.67. The Labute approximate surface area is 144 Å². The first kappa shape index (κ1) is 16.4. The summed E-state index contributed by atoms with van der Waals surface area (Å²) in [7, 11) is 0. The van der Waals surface area contributed by atoms with E-state index in [0.29, 0.717) is 0 Å². The normalized spacial score (nSPS) is 10.3. The van der Waals surface area contributed by atoms with Crippen molar-refractivity contribution in [3.05, 3.63) is 65.5 Å². The van der Waals surface area contributed by atoms with Crippen LogP contribution < -0.4 is 10.6 Å². The Morgan fingerprint density at radius 1 is 0.840 bits per heavy atom. The molecular formula is C18H17N5O2. The lowest BCUT2D eigenvalue weighted by Crippen LogP contribution is -2.11. The third-order valence-electron chi connectivity index (χ3n) is 3.38. The summed E-state index contributed by atoms with van der Waals surface area (Å²) in [6.45, 7) is 3.93. The van der Waals surface area contributed by atoms with Gasteiger partial charge in [0, 0.05) is 11.4 Å². The second-order valence-electron chi connectivity index (χ2n) is 5.60. The fourth-order valence-corrected chi connectivity index (χ4v) is 2.29. The highest BCUT2D eigenvalue weighted by Crippen LogP contribution is 2.18. The molecule has 0 spiro atoms. The van der Waals surface area contributed by atoms with Gasteiger partial charge in [0.15, 0.2) is 0 Å². The van der Waals surface area contributed by atoms with Crippen molar-refractivity contribution in [3.63, 3.8) is 0 Å². The smallest absolute Gasteiger partial charge is 0.374 e. The zero-order chi connectivity index (χ0) is 17.8. The van der Waals surface area contributed by atoms with Gasteiger partial charge in [-0.25, -0.2) is 4.79 Å². The summed E-state index contributed by atoms with van der Waals surface area (Å²) in [5.74, 6) is -1.23. The molecule has 0 unspecified atom stereocenters. The topological polar surface area (TPSA) is 100 Å². The van der Waals surface area contributed by atoms with Crippen molar-refractivity contribution in [2.24, 2.45) is 0 Å². The molecule has 1 heterocycles. The van der Waals surface area contributed by atoms with Gasteiger partial charge in [-0.2, -0.15) is 15.0 Å². The highest BCUT2D eigenvalue weighted by atomic mass is 16.4. The van der Waals surface area contributed by atoms with Gasteiger partial charge in [-0.15, -0.1) is 0 Å². The van der Waals surface area contributed by atoms with Gasteiger partial charge in [0.25, 0.3) is 0 Å². The van der Waals surface area contributed by atoms with E-state index >= 15 is 0 Å². The van der Waals surface area contributed by atoms with Crippen LogP contribution in [0.2, 0.25) is 0 Å². The van der Waals surface area contributed by atoms with E-state index in [9.17, 15) is 9.90 Å². The first-order valence-electron chi connectivity index (χ1n) is 7.66. The molecule has 1 aromatic heterocycles. The number of aryl methyl sites for hydroxylation is 2. The number of hydrogen-bond donors (Lipinski definition) is 3. The minimum Gasteiger partial charge on any atom is -0.475 e. The SMILES string of the molecule is Cc1cccc(Nc2nc(Nc3cccc(C)c3)nc(C(=O)O)n2)c1. The van der Waals surface area contributed by atoms with Crippen LogP contribution in [0.1, 0.15) is 21.7 Å². The lowest BCUT2D eigenvalue weighted by atomic mass is 10.2. The molecular weight excluding hydrogens is 318 g/mol. The molecule has 3 aromatic rings. The van der Waals surface area contributed by atoms with Crippen LogP contribution in [0.25, 0.3) is 0 Å². The number of benzene rings is 2. The number of rotatable bonds is 5. The molecule has 126 valence electrons. The van der Waals surface area contributed by atoms with Gasteiger partial charge in [0.1, 0.15) is 0 Å². The van der Waals surface area contributed by atoms with Crippen molar-refractivity contribution >= 4 is 29.2 Å². The van der Waals surface area contributed by atoms with Gasteiger partial charge in [0.05, 0.1) is 0 Å². The van der Waals surface area contributed by atoms with Crippen LogP contribution >= 0.6 is 0 Å². The Bertz CT molecular complexity index is 861. The minimum atomic E-state index is -1.22. The van der Waals surface area contributed by atoms with Crippen LogP contribution in [-0.2, 0) is 0 Å². The zero-order valence-electron chi connectivity index (χ0n) is 13.8. The van der Waals surface area contributed by atoms with Crippen molar-refractivity contribution in [1.29, 1.82) is 0 Å². The molecule has 0 saturated heterocycles. The molecule has 0 atom stereocenters. The van der Waals surface area contributed by atoms with Crippen LogP contribution in [-0.4, -0.2) is 26.0 Å². The number of carbonyl (C=O) groups is 1. The highest BCUT2D eigenvalue weighted by molar-refractivity contribution is 5.84. The number of aromatic nitrogens is 3. The number of hydrogen-bond acceptors (Lipinski definition) is 6. The Hall–Kier alpha value is -3.48. The molecule has 7 nitrogen and oxygen atoms in total. The molecule has 3 rings (SSSR count). The second kappa shape index (κ2) is 6.96. The summed E-state index contributed by atoms with van der Waals surface area (Å²) in [6.07, 6.45) is 0. The number of nitrogens with one attached hydrogen (secondary N) is 2. The molecule has 0 amide bonds. The lowest BCUT2D eigenvalue weighted by Gasteiger charge is -2.10. The fraction of sp³-hybridized carbons (Fsp3) is 0.111. The average Bonchev–Trinajstić information content (AvgIpc) is 2.54. The highest BCUT2D eigenvalue weighted by Gasteiger charge is 2.13. The molecule has 0 aliphatic carbocycles. The molecule has 0 bridgehead atoms. The van der Waals surface area contributed by atoms with E-state index in [4.69, 9.17) is 0 Å². The summed E-state index contributed by atoms with van der Waals surface area (Å²) in [5, 5.41) is 15.3. The Morgan fingerprint density at radius 3 is 1.72 bits per heavy atom. The van der Waals surface area contributed by atoms with Gasteiger partial charge < -0.3 is 15.7 Å². The van der Waals surface area contributed by atoms with E-state index in [1.165, 1.54) is 0 Å². The molecule has 25 heavy (non-hydrogen) atoms. The van der Waals surface area contributed by atoms with Crippen LogP contribution in [0.4, 0.5) is 23.3 Å². The maximum Gasteiger partial charge on any atom is 0.374 e. The van der Waals surface area contributed by atoms with E-state index in [-0.39, 0.29) is 17.7 Å². The molecule has 0 aliphatic rings. The fourth-order valence-electron chi connectivity index (χ4n) is 2.29. The second-order valence-corrected chi connectivity index (χ2v) is 5.60. The van der Waals surface area contributed by atoms with E-state index < -0.39 is 5.97 Å². The molecule has 0 saturated carbocycles. The predicted molar refractivity (Wildman–Crippen MR) is 95.7 cm³/mol. The van der Waals surface area contributed by atoms with Gasteiger partial charge in [0.2, 0.25) is 17.7 Å². The quantitative estimate of drug-likeness (QED) is 0.654. The maximum atomic E-state index is 11.3. The summed E-state index contributed by atoms with van der Waals surface area (Å²) in [4.78, 5) is 23.5. The molecule has 0 radical (unpaired) electrons. The van der Waals surface area contributed by atoms with Crippen LogP contribution in [0, 0.1) is 13.8 Å². The third kappa shape index (κ3) is 4.29. The zero-order valence-corrected chi connectivity index (χ0v) is 13.8. The van der Waals surface area contributed by atoms with E-state index in [0.717, 1.165) is 22.5 Å². The van der Waals surface area contributed by atoms with Crippen molar-refractivity contribution in [1.82, 2.24) is 15.0 Å². The third-order valence-corrected chi connectivity index (χ3v) is 3.38. The van der Waals surface area contributed by atoms with Crippen molar-refractivity contribution < 1.29 is 9.90 Å². The molecule has 2 aromatic carbocycles. The number of carboxylic acid groups (broad SMARTS) is 1. The van der Waals surface area contributed by atoms with Gasteiger partial charge in [-0.05, 0) is 49.2 Å². The van der Waals surface area contributed by atoms with Crippen molar-refractivity contribution in [3.8, 4) is 0 Å². The Kier molecular flexibility index (Phi) is 4.56. The van der Waals surface area contributed by atoms with Crippen molar-refractivity contribution in [2.45, 2.75) is 13.8 Å². The number of nitrogens with zero attached hydrogens (tertiary/aromatic N) is 3. The van der Waals surface area contributed by atoms with Crippen LogP contribution in [0.3, 0.4) is 0 Å². The number of aromatic carboxylic acids is 1. The summed E-state index contributed by atoms with van der Waals surface area (Å²) < 4.78 is 0. The van der Waals surface area contributed by atoms with Gasteiger partial charge in [-0.3, -0.25) is 0 Å². The van der Waals surface area contributed by atoms with Gasteiger partial charge in [-0.1, -0.05) is 24.3 Å². The Balaban J connectivity index is 1.93. The molecule has 0 aliphatic heterocycles. The first-order valence-corrected chi connectivity index (χ1v) is 7.66. The summed E-state index contributed by atoms with van der Waals surface area (Å²) in [5.41, 5.74) is 3.67. The number of carboxylic acids is 1. The van der Waals surface area contributed by atoms with E-state index in [1.54, 1.807) is 0 Å². The largest absolute Gasteiger partial charge is 0.475 e. The maximum absolute atomic E-state index is 11.3. The first-order chi connectivity index (χ1) is 12.0. The van der Waals surface area contributed by atoms with Gasteiger partial charge >= 0.3 is 5.97 Å². The molecule has 3 N–H and O–H groups in total. The lowest BCUT2D eigenvalue weighted by molar-refractivity contribution is 0.0683. The molecule has 0 fully saturated rings. The number of anilines is 4. The molecule has 7 heteroatoms. The van der Waals surface area contributed by atoms with Crippen molar-refractivity contribution in [2.75, 3.05) is 10.6 Å². The summed E-state index contributed by atoms with van der Waals surface area (Å²) >= 11 is 0. The standard InChI is InChI=1S/C18H17N5O2/c1-11-5-3-7-13(9-11)19-17-21-15(16(24)25)22-18(23-17)20-14-8-4-6-12(2)10-14/h3-10H,1-2H3,(H,24,25)(H2,19,20,21,22,23). The minimum absolute atomic E-state index is 0.160. The van der Waals surface area contributed by atoms with Crippen LogP contribution in [0.5, 0.6) is 0 Å².